The molecule has 1 N–H and O–H groups in total. The molecule has 2 unspecified atom stereocenters. The number of hydrogen-bond acceptors (Lipinski definition) is 3. The van der Waals surface area contributed by atoms with Gasteiger partial charge >= 0.3 is 5.97 Å². The summed E-state index contributed by atoms with van der Waals surface area (Å²) in [7, 11) is 0. The molecule has 0 aromatic heterocycles. The third-order valence-electron chi connectivity index (χ3n) is 4.52. The molecule has 0 saturated carbocycles. The van der Waals surface area contributed by atoms with E-state index in [0.717, 1.165) is 43.5 Å². The van der Waals surface area contributed by atoms with E-state index >= 15 is 0 Å². The van der Waals surface area contributed by atoms with Gasteiger partial charge in [0.25, 0.3) is 0 Å². The second-order valence-electron chi connectivity index (χ2n) is 5.98. The number of benzene rings is 1. The summed E-state index contributed by atoms with van der Waals surface area (Å²) in [5.41, 5.74) is 1.47. The van der Waals surface area contributed by atoms with Crippen molar-refractivity contribution in [1.82, 2.24) is 0 Å². The van der Waals surface area contributed by atoms with Gasteiger partial charge in [-0.3, -0.25) is 9.59 Å². The van der Waals surface area contributed by atoms with Crippen molar-refractivity contribution in [2.24, 2.45) is 0 Å². The van der Waals surface area contributed by atoms with Gasteiger partial charge in [-0.25, -0.2) is 0 Å². The molecule has 0 spiro atoms. The Hall–Kier alpha value is -1.88. The lowest BCUT2D eigenvalue weighted by Crippen LogP contribution is -2.32. The molecular formula is C17H21NO4. The molecule has 2 aliphatic heterocycles. The number of hydrogen-bond donors (Lipinski definition) is 1. The highest BCUT2D eigenvalue weighted by atomic mass is 16.5. The van der Waals surface area contributed by atoms with E-state index in [-0.39, 0.29) is 18.6 Å². The van der Waals surface area contributed by atoms with Gasteiger partial charge in [-0.1, -0.05) is 18.2 Å². The molecule has 1 aromatic carbocycles. The fourth-order valence-corrected chi connectivity index (χ4v) is 3.31. The van der Waals surface area contributed by atoms with Gasteiger partial charge in [0.05, 0.1) is 6.10 Å². The first-order valence-corrected chi connectivity index (χ1v) is 7.90. The molecule has 1 aromatic rings. The minimum absolute atomic E-state index is 0.00891. The SMILES string of the molecule is O=C(O)C1CN(C(=O)CCC2CCCCO2)c2ccccc21. The van der Waals surface area contributed by atoms with E-state index in [0.29, 0.717) is 6.42 Å². The number of anilines is 1. The number of ether oxygens (including phenoxy) is 1. The maximum Gasteiger partial charge on any atom is 0.312 e. The topological polar surface area (TPSA) is 66.8 Å². The summed E-state index contributed by atoms with van der Waals surface area (Å²) < 4.78 is 5.65. The van der Waals surface area contributed by atoms with Crippen molar-refractivity contribution >= 4 is 17.6 Å². The molecule has 2 aliphatic rings. The van der Waals surface area contributed by atoms with Crippen LogP contribution in [0.1, 0.15) is 43.6 Å². The first-order chi connectivity index (χ1) is 10.7. The van der Waals surface area contributed by atoms with Crippen LogP contribution in [-0.4, -0.2) is 36.2 Å². The Kier molecular flexibility index (Phi) is 4.43. The van der Waals surface area contributed by atoms with E-state index < -0.39 is 11.9 Å². The quantitative estimate of drug-likeness (QED) is 0.928. The van der Waals surface area contributed by atoms with Crippen molar-refractivity contribution in [2.75, 3.05) is 18.1 Å². The third-order valence-corrected chi connectivity index (χ3v) is 4.52. The van der Waals surface area contributed by atoms with Gasteiger partial charge in [0.15, 0.2) is 0 Å². The largest absolute Gasteiger partial charge is 0.481 e. The monoisotopic (exact) mass is 303 g/mol. The van der Waals surface area contributed by atoms with Crippen LogP contribution in [0, 0.1) is 0 Å². The summed E-state index contributed by atoms with van der Waals surface area (Å²) in [6.07, 6.45) is 4.57. The first-order valence-electron chi connectivity index (χ1n) is 7.90. The summed E-state index contributed by atoms with van der Waals surface area (Å²) in [6, 6.07) is 7.28. The molecule has 0 aliphatic carbocycles. The number of fused-ring (bicyclic) bond motifs is 1. The highest BCUT2D eigenvalue weighted by molar-refractivity contribution is 5.98. The van der Waals surface area contributed by atoms with Crippen LogP contribution >= 0.6 is 0 Å². The van der Waals surface area contributed by atoms with Crippen LogP contribution in [0.15, 0.2) is 24.3 Å². The van der Waals surface area contributed by atoms with E-state index in [1.54, 1.807) is 11.0 Å². The smallest absolute Gasteiger partial charge is 0.312 e. The maximum atomic E-state index is 12.5. The zero-order valence-electron chi connectivity index (χ0n) is 12.5. The normalized spacial score (nSPS) is 24.1. The molecule has 0 radical (unpaired) electrons. The number of carbonyl (C=O) groups is 2. The van der Waals surface area contributed by atoms with Crippen LogP contribution in [0.4, 0.5) is 5.69 Å². The number of para-hydroxylation sites is 1. The molecule has 3 rings (SSSR count). The average molecular weight is 303 g/mol. The predicted octanol–water partition coefficient (Wildman–Crippen LogP) is 2.55. The van der Waals surface area contributed by atoms with Crippen LogP contribution in [0.5, 0.6) is 0 Å². The van der Waals surface area contributed by atoms with Gasteiger partial charge in [-0.15, -0.1) is 0 Å². The summed E-state index contributed by atoms with van der Waals surface area (Å²) in [4.78, 5) is 25.5. The van der Waals surface area contributed by atoms with E-state index in [4.69, 9.17) is 4.74 Å². The fourth-order valence-electron chi connectivity index (χ4n) is 3.31. The molecule has 1 saturated heterocycles. The van der Waals surface area contributed by atoms with E-state index in [9.17, 15) is 14.7 Å². The third kappa shape index (κ3) is 2.99. The predicted molar refractivity (Wildman–Crippen MR) is 82.0 cm³/mol. The van der Waals surface area contributed by atoms with Crippen molar-refractivity contribution in [3.05, 3.63) is 29.8 Å². The molecule has 22 heavy (non-hydrogen) atoms. The van der Waals surface area contributed by atoms with Crippen LogP contribution in [0.25, 0.3) is 0 Å². The highest BCUT2D eigenvalue weighted by Crippen LogP contribution is 2.36. The fraction of sp³-hybridized carbons (Fsp3) is 0.529. The number of carboxylic acid groups (broad SMARTS) is 1. The van der Waals surface area contributed by atoms with Crippen molar-refractivity contribution < 1.29 is 19.4 Å². The highest BCUT2D eigenvalue weighted by Gasteiger charge is 2.36. The molecule has 118 valence electrons. The van der Waals surface area contributed by atoms with Crippen molar-refractivity contribution in [3.8, 4) is 0 Å². The lowest BCUT2D eigenvalue weighted by atomic mass is 10.0. The zero-order valence-corrected chi connectivity index (χ0v) is 12.5. The van der Waals surface area contributed by atoms with Crippen molar-refractivity contribution in [3.63, 3.8) is 0 Å². The van der Waals surface area contributed by atoms with Gasteiger partial charge in [0.1, 0.15) is 5.92 Å². The minimum atomic E-state index is -0.877. The Labute approximate surface area is 129 Å². The van der Waals surface area contributed by atoms with Crippen LogP contribution in [0.2, 0.25) is 0 Å². The van der Waals surface area contributed by atoms with E-state index in [1.807, 2.05) is 18.2 Å². The van der Waals surface area contributed by atoms with Gasteiger partial charge in [0, 0.05) is 25.3 Å². The molecule has 0 bridgehead atoms. The Balaban J connectivity index is 1.66. The number of rotatable bonds is 4. The van der Waals surface area contributed by atoms with Crippen LogP contribution < -0.4 is 4.90 Å². The Morgan fingerprint density at radius 3 is 2.82 bits per heavy atom. The molecule has 5 nitrogen and oxygen atoms in total. The number of amides is 1. The van der Waals surface area contributed by atoms with Gasteiger partial charge < -0.3 is 14.7 Å². The maximum absolute atomic E-state index is 12.5. The molecule has 1 amide bonds. The summed E-state index contributed by atoms with van der Waals surface area (Å²) in [5, 5.41) is 9.34. The number of carboxylic acids is 1. The zero-order chi connectivity index (χ0) is 15.5. The van der Waals surface area contributed by atoms with Crippen LogP contribution in [-0.2, 0) is 14.3 Å². The summed E-state index contributed by atoms with van der Waals surface area (Å²) in [6.45, 7) is 1.02. The van der Waals surface area contributed by atoms with Gasteiger partial charge in [-0.05, 0) is 37.3 Å². The summed E-state index contributed by atoms with van der Waals surface area (Å²) in [5.74, 6) is -1.50. The average Bonchev–Trinajstić information content (AvgIpc) is 2.93. The lowest BCUT2D eigenvalue weighted by Gasteiger charge is -2.23. The minimum Gasteiger partial charge on any atom is -0.481 e. The van der Waals surface area contributed by atoms with E-state index in [1.165, 1.54) is 0 Å². The Morgan fingerprint density at radius 1 is 1.27 bits per heavy atom. The molecule has 1 fully saturated rings. The number of nitrogens with zero attached hydrogens (tertiary/aromatic N) is 1. The molecule has 2 atom stereocenters. The van der Waals surface area contributed by atoms with Gasteiger partial charge in [0.2, 0.25) is 5.91 Å². The standard InChI is InChI=1S/C17H21NO4/c19-16(9-8-12-5-3-4-10-22-12)18-11-14(17(20)21)13-6-1-2-7-15(13)18/h1-2,6-7,12,14H,3-5,8-11H2,(H,20,21). The van der Waals surface area contributed by atoms with Crippen molar-refractivity contribution in [2.45, 2.75) is 44.1 Å². The molecule has 5 heteroatoms. The molecule has 2 heterocycles. The van der Waals surface area contributed by atoms with Gasteiger partial charge in [-0.2, -0.15) is 0 Å². The summed E-state index contributed by atoms with van der Waals surface area (Å²) >= 11 is 0. The second-order valence-corrected chi connectivity index (χ2v) is 5.98. The van der Waals surface area contributed by atoms with Crippen LogP contribution in [0.3, 0.4) is 0 Å². The number of carbonyl (C=O) groups excluding carboxylic acids is 1. The second kappa shape index (κ2) is 6.48. The molecular weight excluding hydrogens is 282 g/mol. The first kappa shape index (κ1) is 15.0. The Morgan fingerprint density at radius 2 is 2.09 bits per heavy atom. The lowest BCUT2D eigenvalue weighted by molar-refractivity contribution is -0.138. The van der Waals surface area contributed by atoms with E-state index in [2.05, 4.69) is 0 Å². The Bertz CT molecular complexity index is 566. The van der Waals surface area contributed by atoms with Crippen molar-refractivity contribution in [1.29, 1.82) is 0 Å². The number of aliphatic carboxylic acids is 1.